The summed E-state index contributed by atoms with van der Waals surface area (Å²) < 4.78 is 160. The van der Waals surface area contributed by atoms with E-state index >= 15 is 8.78 Å². The molecule has 28 heteroatoms. The van der Waals surface area contributed by atoms with Gasteiger partial charge in [0.25, 0.3) is 5.91 Å². The van der Waals surface area contributed by atoms with Crippen molar-refractivity contribution in [1.82, 2.24) is 41.6 Å². The number of alkyl carbamates (subject to hydrolysis) is 2. The second kappa shape index (κ2) is 26.4. The first-order valence-electron chi connectivity index (χ1n) is 25.7. The van der Waals surface area contributed by atoms with Crippen LogP contribution in [0.5, 0.6) is 0 Å². The Balaban J connectivity index is 1.33. The fourth-order valence-electron chi connectivity index (χ4n) is 9.76. The quantitative estimate of drug-likeness (QED) is 0.0200. The summed E-state index contributed by atoms with van der Waals surface area (Å²) in [7, 11) is 1.59. The molecule has 7 N–H and O–H groups in total. The molecule has 3 fully saturated rings. The molecule has 448 valence electrons. The SMILES string of the molecule is COC(=O)N[C@H](C(=O)N[C@@H](Cc1ccc(C#Cc2cnc(N3CC4CCC(C3)N4C3COC3)c(C)c2)cc1)[C@@H](O)CN(Cc1c(F)cc(/C(C=N)=C/NC(F)F)cc1F)NC(=O)[C@@H](NC(=O)OC)C(C)(C)C(F)(F)F)C(C)(C)C(F)(F)F. The highest BCUT2D eigenvalue weighted by Crippen LogP contribution is 2.42. The first-order valence-corrected chi connectivity index (χ1v) is 25.7. The Morgan fingerprint density at radius 3 is 1.84 bits per heavy atom. The van der Waals surface area contributed by atoms with Crippen molar-refractivity contribution in [2.24, 2.45) is 10.8 Å². The molecule has 6 atom stereocenters. The number of carbonyl (C=O) groups excluding carboxylic acids is 4. The van der Waals surface area contributed by atoms with Gasteiger partial charge in [-0.2, -0.15) is 35.1 Å². The number of piperazine rings is 1. The Hall–Kier alpha value is -7.22. The summed E-state index contributed by atoms with van der Waals surface area (Å²) in [5, 5.41) is 27.6. The zero-order valence-electron chi connectivity index (χ0n) is 45.6. The summed E-state index contributed by atoms with van der Waals surface area (Å²) in [5.74, 6) is 0.737. The Morgan fingerprint density at radius 2 is 1.37 bits per heavy atom. The number of halogens is 10. The van der Waals surface area contributed by atoms with E-state index in [4.69, 9.17) is 15.1 Å². The number of pyridine rings is 1. The molecule has 4 amide bonds. The summed E-state index contributed by atoms with van der Waals surface area (Å²) in [6.07, 6.45) is -11.2. The van der Waals surface area contributed by atoms with Crippen LogP contribution in [0.2, 0.25) is 0 Å². The van der Waals surface area contributed by atoms with Gasteiger partial charge in [0.05, 0.1) is 56.5 Å². The lowest BCUT2D eigenvalue weighted by Crippen LogP contribution is -2.63. The lowest BCUT2D eigenvalue weighted by Gasteiger charge is -2.48. The third kappa shape index (κ3) is 15.3. The minimum absolute atomic E-state index is 0.261. The second-order valence-electron chi connectivity index (χ2n) is 21.2. The average Bonchev–Trinajstić information content (AvgIpc) is 3.61. The van der Waals surface area contributed by atoms with E-state index in [-0.39, 0.29) is 5.56 Å². The number of fused-ring (bicyclic) bond motifs is 2. The predicted molar refractivity (Wildman–Crippen MR) is 278 cm³/mol. The van der Waals surface area contributed by atoms with Crippen molar-refractivity contribution >= 4 is 41.6 Å². The van der Waals surface area contributed by atoms with E-state index in [0.717, 1.165) is 64.7 Å². The Kier molecular flexibility index (Phi) is 20.6. The van der Waals surface area contributed by atoms with E-state index in [1.54, 1.807) is 29.0 Å². The number of aliphatic hydroxyl groups excluding tert-OH is 1. The Bertz CT molecular complexity index is 2860. The van der Waals surface area contributed by atoms with Crippen molar-refractivity contribution in [3.8, 4) is 11.8 Å². The van der Waals surface area contributed by atoms with Gasteiger partial charge >= 0.3 is 31.1 Å². The molecule has 1 aromatic heterocycles. The van der Waals surface area contributed by atoms with E-state index < -0.39 is 126 Å². The molecule has 0 saturated carbocycles. The number of allylic oxidation sites excluding steroid dienone is 1. The van der Waals surface area contributed by atoms with Crippen LogP contribution < -0.4 is 31.6 Å². The number of ether oxygens (including phenoxy) is 3. The third-order valence-corrected chi connectivity index (χ3v) is 14.8. The zero-order valence-corrected chi connectivity index (χ0v) is 45.6. The van der Waals surface area contributed by atoms with Crippen molar-refractivity contribution < 1.29 is 82.4 Å². The predicted octanol–water partition coefficient (Wildman–Crippen LogP) is 6.47. The van der Waals surface area contributed by atoms with Gasteiger partial charge in [0.15, 0.2) is 0 Å². The van der Waals surface area contributed by atoms with Crippen LogP contribution in [0.4, 0.5) is 59.3 Å². The van der Waals surface area contributed by atoms with Crippen LogP contribution in [0.15, 0.2) is 54.9 Å². The molecule has 3 aliphatic heterocycles. The maximum absolute atomic E-state index is 16.0. The summed E-state index contributed by atoms with van der Waals surface area (Å²) in [4.78, 5) is 62.6. The number of hydrazine groups is 1. The maximum atomic E-state index is 16.0. The highest BCUT2D eigenvalue weighted by atomic mass is 19.4. The van der Waals surface area contributed by atoms with Crippen molar-refractivity contribution in [3.63, 3.8) is 0 Å². The fourth-order valence-corrected chi connectivity index (χ4v) is 9.76. The molecule has 0 radical (unpaired) electrons. The van der Waals surface area contributed by atoms with Gasteiger partial charge in [-0.3, -0.25) is 19.9 Å². The Morgan fingerprint density at radius 1 is 0.829 bits per heavy atom. The average molecular weight is 1170 g/mol. The van der Waals surface area contributed by atoms with Gasteiger partial charge in [0.1, 0.15) is 29.5 Å². The molecule has 2 aromatic carbocycles. The number of carbonyl (C=O) groups is 4. The lowest BCUT2D eigenvalue weighted by atomic mass is 9.82. The van der Waals surface area contributed by atoms with Gasteiger partial charge < -0.3 is 50.9 Å². The van der Waals surface area contributed by atoms with Crippen molar-refractivity contribution in [2.75, 3.05) is 52.0 Å². The minimum Gasteiger partial charge on any atom is -0.453 e. The number of alkyl halides is 8. The van der Waals surface area contributed by atoms with Gasteiger partial charge in [-0.15, -0.1) is 0 Å². The van der Waals surface area contributed by atoms with E-state index in [2.05, 4.69) is 36.4 Å². The van der Waals surface area contributed by atoms with E-state index in [9.17, 15) is 59.4 Å². The maximum Gasteiger partial charge on any atom is 0.407 e. The summed E-state index contributed by atoms with van der Waals surface area (Å²) in [5.41, 5.74) is -3.84. The van der Waals surface area contributed by atoms with Crippen LogP contribution in [0.1, 0.15) is 73.9 Å². The number of nitrogens with one attached hydrogen (secondary N) is 6. The first kappa shape index (κ1) is 64.0. The number of hydrogen-bond donors (Lipinski definition) is 7. The van der Waals surface area contributed by atoms with Crippen molar-refractivity contribution in [1.29, 1.82) is 5.41 Å². The number of amides is 4. The number of aromatic nitrogens is 1. The number of aryl methyl sites for hydroxylation is 1. The smallest absolute Gasteiger partial charge is 0.407 e. The molecular weight excluding hydrogens is 1110 g/mol. The number of aliphatic hydroxyl groups is 1. The minimum atomic E-state index is -5.24. The molecule has 4 heterocycles. The molecule has 3 aliphatic rings. The summed E-state index contributed by atoms with van der Waals surface area (Å²) >= 11 is 0. The largest absolute Gasteiger partial charge is 0.453 e. The van der Waals surface area contributed by atoms with Gasteiger partial charge in [-0.1, -0.05) is 24.0 Å². The molecule has 6 rings (SSSR count). The van der Waals surface area contributed by atoms with Crippen LogP contribution in [0.3, 0.4) is 0 Å². The number of methoxy groups -OCH3 is 2. The highest BCUT2D eigenvalue weighted by Gasteiger charge is 2.57. The normalized spacial score (nSPS) is 18.5. The highest BCUT2D eigenvalue weighted by molar-refractivity contribution is 6.08. The molecule has 18 nitrogen and oxygen atoms in total. The molecule has 2 unspecified atom stereocenters. The molecule has 3 saturated heterocycles. The van der Waals surface area contributed by atoms with Gasteiger partial charge in [-0.05, 0) is 101 Å². The monoisotopic (exact) mass is 1170 g/mol. The molecule has 2 bridgehead atoms. The van der Waals surface area contributed by atoms with Crippen LogP contribution in [0.25, 0.3) is 5.57 Å². The number of benzene rings is 2. The molecule has 82 heavy (non-hydrogen) atoms. The van der Waals surface area contributed by atoms with Crippen LogP contribution in [-0.4, -0.2) is 159 Å². The number of rotatable bonds is 21. The van der Waals surface area contributed by atoms with Crippen LogP contribution >= 0.6 is 0 Å². The number of nitrogens with zero attached hydrogens (tertiary/aromatic N) is 4. The van der Waals surface area contributed by atoms with Crippen molar-refractivity contribution in [2.45, 2.75) is 122 Å². The van der Waals surface area contributed by atoms with Gasteiger partial charge in [0, 0.05) is 79.1 Å². The fraction of sp³-hybridized carbons (Fsp3) is 0.519. The first-order chi connectivity index (χ1) is 38.4. The Labute approximate surface area is 466 Å². The van der Waals surface area contributed by atoms with Crippen LogP contribution in [-0.2, 0) is 36.8 Å². The summed E-state index contributed by atoms with van der Waals surface area (Å²) in [6, 6.07) is 3.55. The number of anilines is 1. The van der Waals surface area contributed by atoms with Crippen LogP contribution in [0, 0.1) is 46.6 Å². The molecule has 0 aliphatic carbocycles. The van der Waals surface area contributed by atoms with Gasteiger partial charge in [0.2, 0.25) is 5.91 Å². The molecule has 3 aromatic rings. The lowest BCUT2D eigenvalue weighted by molar-refractivity contribution is -0.221. The molecular formula is C54H64F10N10O8. The zero-order chi connectivity index (χ0) is 60.6. The van der Waals surface area contributed by atoms with Crippen molar-refractivity contribution in [3.05, 3.63) is 99.9 Å². The standard InChI is InChI=1S/C54H64F10N10O8/c1-29-16-32(21-66-45(29)72-23-35-14-15-36(24-72)74(35)37-27-82-28-37)13-10-30-8-11-31(12-9-30)17-41(68-46(76)43(69-49(78)80-6)51(2,3)53(59,60)61)42(75)26-73(71-47(77)44(70-50(79)81-7)52(4,5)54(62,63)64)25-38-39(55)18-33(19-40(38)56)34(20-65)22-67-48(57)58/h8-9,11-12,16,18-22,35-37,41-44,48,65,67,75H,14-15,17,23-28H2,1-7H3,(H,68,76)(H,69,78)(H,70,79)(H,71,77)/b34-22+,65-20?/t35?,36?,41-,42-,43+,44+/m0/s1. The molecule has 0 spiro atoms. The second-order valence-corrected chi connectivity index (χ2v) is 21.2. The summed E-state index contributed by atoms with van der Waals surface area (Å²) in [6.45, 7) is 1.85. The van der Waals surface area contributed by atoms with E-state index in [1.807, 2.05) is 23.7 Å². The van der Waals surface area contributed by atoms with E-state index in [1.165, 1.54) is 12.1 Å². The third-order valence-electron chi connectivity index (χ3n) is 14.8. The van der Waals surface area contributed by atoms with Gasteiger partial charge in [-0.25, -0.2) is 28.4 Å². The topological polar surface area (TPSA) is 223 Å². The number of hydrogen-bond acceptors (Lipinski definition) is 14. The van der Waals surface area contributed by atoms with E-state index in [0.29, 0.717) is 86.5 Å².